The third-order valence-corrected chi connectivity index (χ3v) is 7.39. The fourth-order valence-corrected chi connectivity index (χ4v) is 5.33. The number of nitrogens with zero attached hydrogens (tertiary/aromatic N) is 3. The highest BCUT2D eigenvalue weighted by Gasteiger charge is 2.37. The molecule has 1 aromatic carbocycles. The van der Waals surface area contributed by atoms with Crippen molar-refractivity contribution in [2.24, 2.45) is 0 Å². The number of alkyl halides is 6. The quantitative estimate of drug-likeness (QED) is 0.304. The zero-order chi connectivity index (χ0) is 20.5. The van der Waals surface area contributed by atoms with Crippen molar-refractivity contribution in [2.45, 2.75) is 26.8 Å². The summed E-state index contributed by atoms with van der Waals surface area (Å²) in [6, 6.07) is 1.46. The normalized spacial score (nSPS) is 12.5. The van der Waals surface area contributed by atoms with E-state index in [4.69, 9.17) is 0 Å². The van der Waals surface area contributed by atoms with E-state index >= 15 is 0 Å². The van der Waals surface area contributed by atoms with Gasteiger partial charge in [-0.25, -0.2) is 4.98 Å². The molecule has 3 nitrogen and oxygen atoms in total. The van der Waals surface area contributed by atoms with Gasteiger partial charge in [-0.15, -0.1) is 21.5 Å². The van der Waals surface area contributed by atoms with Crippen molar-refractivity contribution in [3.63, 3.8) is 0 Å². The molecule has 0 aliphatic carbocycles. The molecule has 3 rings (SSSR count). The molecule has 150 valence electrons. The molecule has 2 heterocycles. The van der Waals surface area contributed by atoms with Gasteiger partial charge in [-0.05, 0) is 24.5 Å². The number of hydrogen-bond donors (Lipinski definition) is 0. The van der Waals surface area contributed by atoms with Crippen LogP contribution in [0, 0.1) is 0 Å². The maximum atomic E-state index is 13.0. The predicted molar refractivity (Wildman–Crippen MR) is 98.8 cm³/mol. The van der Waals surface area contributed by atoms with Crippen molar-refractivity contribution in [1.82, 2.24) is 15.2 Å². The third kappa shape index (κ3) is 5.19. The van der Waals surface area contributed by atoms with Crippen LogP contribution in [0.15, 0.2) is 32.3 Å². The van der Waals surface area contributed by atoms with Crippen LogP contribution in [0.5, 0.6) is 0 Å². The molecular weight excluding hydrogens is 464 g/mol. The first-order valence-corrected chi connectivity index (χ1v) is 11.2. The fraction of sp³-hybridized carbons (Fsp3) is 0.267. The van der Waals surface area contributed by atoms with Crippen molar-refractivity contribution < 1.29 is 26.3 Å². The minimum Gasteiger partial charge on any atom is -0.240 e. The highest BCUT2D eigenvalue weighted by molar-refractivity contribution is 8.02. The van der Waals surface area contributed by atoms with Gasteiger partial charge in [0.25, 0.3) is 0 Å². The number of thiazole rings is 1. The zero-order valence-corrected chi connectivity index (χ0v) is 17.0. The van der Waals surface area contributed by atoms with E-state index in [1.807, 2.05) is 6.26 Å². The lowest BCUT2D eigenvalue weighted by atomic mass is 10.0. The Bertz CT molecular complexity index is 931. The van der Waals surface area contributed by atoms with E-state index in [0.717, 1.165) is 15.7 Å². The summed E-state index contributed by atoms with van der Waals surface area (Å²) >= 11 is 5.36. The van der Waals surface area contributed by atoms with Gasteiger partial charge in [0.2, 0.25) is 0 Å². The van der Waals surface area contributed by atoms with Gasteiger partial charge in [0.05, 0.1) is 22.6 Å². The number of benzene rings is 1. The second-order valence-corrected chi connectivity index (χ2v) is 9.44. The molecule has 3 aromatic rings. The second-order valence-electron chi connectivity index (χ2n) is 5.25. The molecule has 0 spiro atoms. The van der Waals surface area contributed by atoms with Gasteiger partial charge in [0, 0.05) is 10.9 Å². The molecule has 13 heteroatoms. The van der Waals surface area contributed by atoms with Gasteiger partial charge in [-0.1, -0.05) is 34.9 Å². The summed E-state index contributed by atoms with van der Waals surface area (Å²) in [5.74, 6) is 0.388. The number of halogens is 6. The van der Waals surface area contributed by atoms with E-state index < -0.39 is 23.5 Å². The summed E-state index contributed by atoms with van der Waals surface area (Å²) < 4.78 is 79.5. The first-order valence-electron chi connectivity index (χ1n) is 7.31. The first-order chi connectivity index (χ1) is 13.1. The lowest BCUT2D eigenvalue weighted by molar-refractivity contribution is -0.143. The maximum Gasteiger partial charge on any atom is 0.416 e. The Morgan fingerprint density at radius 1 is 0.929 bits per heavy atom. The fourth-order valence-electron chi connectivity index (χ4n) is 2.07. The summed E-state index contributed by atoms with van der Waals surface area (Å²) in [7, 11) is 0. The molecule has 0 bridgehead atoms. The van der Waals surface area contributed by atoms with Crippen LogP contribution in [-0.2, 0) is 18.1 Å². The van der Waals surface area contributed by atoms with Crippen LogP contribution in [0.25, 0.3) is 11.3 Å². The Kier molecular flexibility index (Phi) is 6.27. The lowest BCUT2D eigenvalue weighted by Gasteiger charge is -2.13. The minimum atomic E-state index is -4.89. The number of thioether (sulfide) groups is 2. The Morgan fingerprint density at radius 2 is 1.54 bits per heavy atom. The molecule has 0 N–H and O–H groups in total. The molecule has 0 saturated heterocycles. The van der Waals surface area contributed by atoms with E-state index in [1.165, 1.54) is 40.2 Å². The van der Waals surface area contributed by atoms with Crippen LogP contribution < -0.4 is 0 Å². The van der Waals surface area contributed by atoms with Gasteiger partial charge in [0.15, 0.2) is 8.68 Å². The monoisotopic (exact) mass is 473 g/mol. The summed E-state index contributed by atoms with van der Waals surface area (Å²) in [6.45, 7) is 0. The lowest BCUT2D eigenvalue weighted by Crippen LogP contribution is -2.11. The molecule has 0 saturated carbocycles. The number of aromatic nitrogens is 3. The number of hydrogen-bond acceptors (Lipinski definition) is 7. The molecular formula is C15H9F6N3S4. The highest BCUT2D eigenvalue weighted by atomic mass is 32.2. The average molecular weight is 474 g/mol. The van der Waals surface area contributed by atoms with Gasteiger partial charge < -0.3 is 0 Å². The molecule has 0 amide bonds. The van der Waals surface area contributed by atoms with Crippen molar-refractivity contribution >= 4 is 46.2 Å². The second kappa shape index (κ2) is 8.20. The average Bonchev–Trinajstić information content (AvgIpc) is 3.27. The molecule has 28 heavy (non-hydrogen) atoms. The van der Waals surface area contributed by atoms with E-state index in [-0.39, 0.29) is 17.3 Å². The van der Waals surface area contributed by atoms with Gasteiger partial charge >= 0.3 is 12.4 Å². The Morgan fingerprint density at radius 3 is 2.07 bits per heavy atom. The van der Waals surface area contributed by atoms with Gasteiger partial charge in [0.1, 0.15) is 5.01 Å². The molecule has 0 unspecified atom stereocenters. The van der Waals surface area contributed by atoms with E-state index in [2.05, 4.69) is 15.2 Å². The zero-order valence-electron chi connectivity index (χ0n) is 13.8. The topological polar surface area (TPSA) is 38.7 Å². The largest absolute Gasteiger partial charge is 0.416 e. The Labute approximate surface area is 171 Å². The Hall–Kier alpha value is -1.31. The van der Waals surface area contributed by atoms with Crippen LogP contribution in [0.4, 0.5) is 26.3 Å². The molecule has 0 atom stereocenters. The van der Waals surface area contributed by atoms with Gasteiger partial charge in [-0.3, -0.25) is 0 Å². The van der Waals surface area contributed by atoms with E-state index in [0.29, 0.717) is 27.2 Å². The van der Waals surface area contributed by atoms with Crippen LogP contribution >= 0.6 is 46.2 Å². The standard InChI is InChI=1S/C15H9F6N3S4/c1-25-12-23-24-13(28-12)27-6-11-22-10(5-26-11)7-2-8(14(16,17)18)4-9(3-7)15(19,20)21/h2-5H,6H2,1H3. The Balaban J connectivity index is 1.85. The summed E-state index contributed by atoms with van der Waals surface area (Å²) in [5.41, 5.74) is -2.88. The summed E-state index contributed by atoms with van der Waals surface area (Å²) in [4.78, 5) is 4.18. The molecule has 0 radical (unpaired) electrons. The molecule has 0 aliphatic rings. The highest BCUT2D eigenvalue weighted by Crippen LogP contribution is 2.39. The SMILES string of the molecule is CSc1nnc(SCc2nc(-c3cc(C(F)(F)F)cc(C(F)(F)F)c3)cs2)s1. The van der Waals surface area contributed by atoms with Crippen molar-refractivity contribution in [3.8, 4) is 11.3 Å². The van der Waals surface area contributed by atoms with Gasteiger partial charge in [-0.2, -0.15) is 26.3 Å². The smallest absolute Gasteiger partial charge is 0.240 e. The summed E-state index contributed by atoms with van der Waals surface area (Å²) in [6.07, 6.45) is -7.92. The number of rotatable bonds is 5. The maximum absolute atomic E-state index is 13.0. The van der Waals surface area contributed by atoms with E-state index in [9.17, 15) is 26.3 Å². The van der Waals surface area contributed by atoms with Crippen molar-refractivity contribution in [3.05, 3.63) is 39.7 Å². The van der Waals surface area contributed by atoms with Crippen molar-refractivity contribution in [2.75, 3.05) is 6.26 Å². The van der Waals surface area contributed by atoms with Crippen LogP contribution in [0.2, 0.25) is 0 Å². The third-order valence-electron chi connectivity index (χ3n) is 3.32. The predicted octanol–water partition coefficient (Wildman–Crippen LogP) is 6.71. The molecule has 2 aromatic heterocycles. The van der Waals surface area contributed by atoms with Crippen LogP contribution in [0.3, 0.4) is 0 Å². The van der Waals surface area contributed by atoms with Crippen LogP contribution in [0.1, 0.15) is 16.1 Å². The molecule has 0 aliphatic heterocycles. The molecule has 0 fully saturated rings. The van der Waals surface area contributed by atoms with Crippen LogP contribution in [-0.4, -0.2) is 21.4 Å². The summed E-state index contributed by atoms with van der Waals surface area (Å²) in [5, 5.41) is 9.93. The first kappa shape index (κ1) is 21.4. The minimum absolute atomic E-state index is 0.0688. The van der Waals surface area contributed by atoms with E-state index in [1.54, 1.807) is 0 Å². The van der Waals surface area contributed by atoms with Crippen molar-refractivity contribution in [1.29, 1.82) is 0 Å².